The number of aromatic nitrogens is 3. The first kappa shape index (κ1) is 18.3. The number of aliphatic hydroxyl groups is 1. The number of aryl methyl sites for hydroxylation is 2. The normalized spacial score (nSPS) is 20.2. The minimum Gasteiger partial charge on any atom is -0.386 e. The number of carbonyl (C=O) groups is 1. The highest BCUT2D eigenvalue weighted by Gasteiger charge is 2.34. The highest BCUT2D eigenvalue weighted by atomic mass is 16.5. The number of β-amino-alcohol motifs (C(OH)–C–C–N with tert-alkyl or cyclic N) is 1. The second-order valence-corrected chi connectivity index (χ2v) is 6.88. The second kappa shape index (κ2) is 7.82. The number of amides is 1. The van der Waals surface area contributed by atoms with E-state index >= 15 is 0 Å². The molecule has 1 aliphatic heterocycles. The third-order valence-electron chi connectivity index (χ3n) is 4.79. The lowest BCUT2D eigenvalue weighted by atomic mass is 9.93. The van der Waals surface area contributed by atoms with Crippen LogP contribution in [0.25, 0.3) is 0 Å². The van der Waals surface area contributed by atoms with Crippen molar-refractivity contribution >= 4 is 11.9 Å². The van der Waals surface area contributed by atoms with Crippen LogP contribution in [0.5, 0.6) is 0 Å². The van der Waals surface area contributed by atoms with Crippen molar-refractivity contribution in [3.05, 3.63) is 35.5 Å². The van der Waals surface area contributed by atoms with Gasteiger partial charge < -0.3 is 19.8 Å². The van der Waals surface area contributed by atoms with Crippen molar-refractivity contribution in [2.24, 2.45) is 0 Å². The first-order valence-electron chi connectivity index (χ1n) is 8.90. The third kappa shape index (κ3) is 4.37. The molecule has 3 rings (SSSR count). The highest BCUT2D eigenvalue weighted by Crippen LogP contribution is 2.23. The molecule has 2 aromatic rings. The van der Waals surface area contributed by atoms with Gasteiger partial charge in [-0.2, -0.15) is 0 Å². The molecule has 8 nitrogen and oxygen atoms in total. The van der Waals surface area contributed by atoms with Gasteiger partial charge in [-0.3, -0.25) is 4.79 Å². The topological polar surface area (TPSA) is 104 Å². The minimum absolute atomic E-state index is 0.0912. The second-order valence-electron chi connectivity index (χ2n) is 6.88. The van der Waals surface area contributed by atoms with Gasteiger partial charge >= 0.3 is 0 Å². The fraction of sp³-hybridized carbons (Fsp3) is 0.556. The van der Waals surface area contributed by atoms with Crippen LogP contribution in [0.2, 0.25) is 0 Å². The third-order valence-corrected chi connectivity index (χ3v) is 4.79. The van der Waals surface area contributed by atoms with E-state index in [9.17, 15) is 9.90 Å². The van der Waals surface area contributed by atoms with Crippen LogP contribution in [0, 0.1) is 13.8 Å². The van der Waals surface area contributed by atoms with Crippen LogP contribution < -0.4 is 10.2 Å². The lowest BCUT2D eigenvalue weighted by Gasteiger charge is -2.39. The Labute approximate surface area is 152 Å². The lowest BCUT2D eigenvalue weighted by molar-refractivity contribution is -0.122. The van der Waals surface area contributed by atoms with Crippen LogP contribution in [0.4, 0.5) is 5.95 Å². The number of piperidine rings is 1. The SMILES string of the molecule is Cc1noc(C)c1CCC(=O)NCC1(O)CCCN(c2ncccn2)C1. The molecule has 1 atom stereocenters. The predicted molar refractivity (Wildman–Crippen MR) is 95.7 cm³/mol. The standard InChI is InChI=1S/C18H25N5O3/c1-13-15(14(2)26-22-13)5-6-16(24)21-11-18(25)7-3-10-23(12-18)17-19-8-4-9-20-17/h4,8-9,25H,3,5-7,10-12H2,1-2H3,(H,21,24). The molecule has 0 saturated carbocycles. The summed E-state index contributed by atoms with van der Waals surface area (Å²) < 4.78 is 5.11. The Hall–Kier alpha value is -2.48. The van der Waals surface area contributed by atoms with Crippen molar-refractivity contribution in [2.75, 3.05) is 24.5 Å². The van der Waals surface area contributed by atoms with Gasteiger partial charge in [0, 0.05) is 37.5 Å². The first-order valence-corrected chi connectivity index (χ1v) is 8.90. The Morgan fingerprint density at radius 2 is 2.15 bits per heavy atom. The molecule has 0 bridgehead atoms. The van der Waals surface area contributed by atoms with Gasteiger partial charge in [-0.25, -0.2) is 9.97 Å². The number of nitrogens with zero attached hydrogens (tertiary/aromatic N) is 4. The molecular weight excluding hydrogens is 334 g/mol. The van der Waals surface area contributed by atoms with Crippen molar-refractivity contribution in [3.8, 4) is 0 Å². The summed E-state index contributed by atoms with van der Waals surface area (Å²) in [7, 11) is 0. The van der Waals surface area contributed by atoms with Crippen molar-refractivity contribution in [1.29, 1.82) is 0 Å². The number of anilines is 1. The molecule has 2 aromatic heterocycles. The molecule has 1 fully saturated rings. The van der Waals surface area contributed by atoms with Crippen LogP contribution in [0.3, 0.4) is 0 Å². The average Bonchev–Trinajstić information content (AvgIpc) is 2.97. The molecule has 3 heterocycles. The lowest BCUT2D eigenvalue weighted by Crippen LogP contribution is -2.54. The van der Waals surface area contributed by atoms with E-state index in [1.807, 2.05) is 18.7 Å². The fourth-order valence-corrected chi connectivity index (χ4v) is 3.33. The molecule has 26 heavy (non-hydrogen) atoms. The summed E-state index contributed by atoms with van der Waals surface area (Å²) in [6.07, 6.45) is 5.75. The molecule has 0 aliphatic carbocycles. The van der Waals surface area contributed by atoms with E-state index in [4.69, 9.17) is 4.52 Å². The number of hydrogen-bond acceptors (Lipinski definition) is 7. The first-order chi connectivity index (χ1) is 12.5. The van der Waals surface area contributed by atoms with Gasteiger partial charge in [0.15, 0.2) is 0 Å². The molecule has 0 spiro atoms. The summed E-state index contributed by atoms with van der Waals surface area (Å²) in [5, 5.41) is 17.6. The molecule has 2 N–H and O–H groups in total. The Balaban J connectivity index is 1.50. The van der Waals surface area contributed by atoms with E-state index in [2.05, 4.69) is 20.4 Å². The summed E-state index contributed by atoms with van der Waals surface area (Å²) in [4.78, 5) is 22.6. The highest BCUT2D eigenvalue weighted by molar-refractivity contribution is 5.76. The van der Waals surface area contributed by atoms with Crippen LogP contribution in [-0.4, -0.2) is 51.4 Å². The fourth-order valence-electron chi connectivity index (χ4n) is 3.33. The van der Waals surface area contributed by atoms with Crippen molar-refractivity contribution in [3.63, 3.8) is 0 Å². The molecule has 0 aromatic carbocycles. The molecule has 140 valence electrons. The average molecular weight is 359 g/mol. The molecular formula is C18H25N5O3. The molecule has 1 aliphatic rings. The quantitative estimate of drug-likeness (QED) is 0.797. The van der Waals surface area contributed by atoms with E-state index in [1.165, 1.54) is 0 Å². The Bertz CT molecular complexity index is 729. The van der Waals surface area contributed by atoms with Crippen molar-refractivity contribution in [2.45, 2.75) is 45.1 Å². The summed E-state index contributed by atoms with van der Waals surface area (Å²) >= 11 is 0. The molecule has 1 amide bonds. The number of rotatable bonds is 6. The van der Waals surface area contributed by atoms with E-state index < -0.39 is 5.60 Å². The van der Waals surface area contributed by atoms with Gasteiger partial charge in [0.2, 0.25) is 11.9 Å². The van der Waals surface area contributed by atoms with Gasteiger partial charge in [0.05, 0.1) is 17.8 Å². The van der Waals surface area contributed by atoms with E-state index in [0.717, 1.165) is 30.0 Å². The van der Waals surface area contributed by atoms with Crippen molar-refractivity contribution < 1.29 is 14.4 Å². The Kier molecular flexibility index (Phi) is 5.51. The number of carbonyl (C=O) groups excluding carboxylic acids is 1. The zero-order valence-corrected chi connectivity index (χ0v) is 15.2. The molecule has 1 unspecified atom stereocenters. The van der Waals surface area contributed by atoms with E-state index in [-0.39, 0.29) is 12.5 Å². The van der Waals surface area contributed by atoms with E-state index in [0.29, 0.717) is 31.8 Å². The largest absolute Gasteiger partial charge is 0.386 e. The zero-order valence-electron chi connectivity index (χ0n) is 15.2. The molecule has 0 radical (unpaired) electrons. The van der Waals surface area contributed by atoms with Crippen LogP contribution in [-0.2, 0) is 11.2 Å². The van der Waals surface area contributed by atoms with Gasteiger partial charge in [-0.15, -0.1) is 0 Å². The monoisotopic (exact) mass is 359 g/mol. The molecule has 8 heteroatoms. The van der Waals surface area contributed by atoms with Gasteiger partial charge in [0.1, 0.15) is 5.76 Å². The zero-order chi connectivity index (χ0) is 18.6. The maximum atomic E-state index is 12.2. The summed E-state index contributed by atoms with van der Waals surface area (Å²) in [5.74, 6) is 1.27. The van der Waals surface area contributed by atoms with Gasteiger partial charge in [-0.1, -0.05) is 5.16 Å². The maximum Gasteiger partial charge on any atom is 0.225 e. The van der Waals surface area contributed by atoms with Crippen LogP contribution >= 0.6 is 0 Å². The summed E-state index contributed by atoms with van der Waals surface area (Å²) in [5.41, 5.74) is 0.819. The number of nitrogens with one attached hydrogen (secondary N) is 1. The minimum atomic E-state index is -0.976. The van der Waals surface area contributed by atoms with Crippen molar-refractivity contribution in [1.82, 2.24) is 20.4 Å². The maximum absolute atomic E-state index is 12.2. The summed E-state index contributed by atoms with van der Waals surface area (Å²) in [6.45, 7) is 5.14. The predicted octanol–water partition coefficient (Wildman–Crippen LogP) is 1.16. The Morgan fingerprint density at radius 1 is 1.38 bits per heavy atom. The smallest absolute Gasteiger partial charge is 0.225 e. The van der Waals surface area contributed by atoms with Crippen LogP contribution in [0.1, 0.15) is 36.3 Å². The van der Waals surface area contributed by atoms with Crippen LogP contribution in [0.15, 0.2) is 23.0 Å². The Morgan fingerprint density at radius 3 is 2.85 bits per heavy atom. The van der Waals surface area contributed by atoms with E-state index in [1.54, 1.807) is 18.5 Å². The summed E-state index contributed by atoms with van der Waals surface area (Å²) in [6, 6.07) is 1.76. The van der Waals surface area contributed by atoms with Gasteiger partial charge in [0.25, 0.3) is 0 Å². The van der Waals surface area contributed by atoms with Gasteiger partial charge in [-0.05, 0) is 39.2 Å². The molecule has 1 saturated heterocycles. The number of hydrogen-bond donors (Lipinski definition) is 2.